The van der Waals surface area contributed by atoms with E-state index in [-0.39, 0.29) is 23.7 Å². The number of hydrogen-bond acceptors (Lipinski definition) is 5. The number of hydrogen-bond donors (Lipinski definition) is 3. The maximum absolute atomic E-state index is 11.9. The zero-order valence-corrected chi connectivity index (χ0v) is 16.8. The lowest BCUT2D eigenvalue weighted by Crippen LogP contribution is -2.48. The molecule has 0 aliphatic rings. The number of benzene rings is 1. The Morgan fingerprint density at radius 3 is 2.28 bits per heavy atom. The first-order chi connectivity index (χ1) is 13.7. The number of nitrogens with one attached hydrogen (secondary N) is 1. The zero-order chi connectivity index (χ0) is 21.6. The summed E-state index contributed by atoms with van der Waals surface area (Å²) in [6, 6.07) is 5.05. The van der Waals surface area contributed by atoms with Crippen molar-refractivity contribution in [1.29, 1.82) is 0 Å². The van der Waals surface area contributed by atoms with Gasteiger partial charge in [0.1, 0.15) is 11.8 Å². The molecule has 1 aromatic heterocycles. The largest absolute Gasteiger partial charge is 0.480 e. The SMILES string of the molecule is CC(=O)C(CC(C)C)N[C@@H](Cc1cncn1Cc1ccc(C(=O)O)cc1)C(=O)O. The minimum atomic E-state index is -1.03. The summed E-state index contributed by atoms with van der Waals surface area (Å²) in [5.74, 6) is -1.85. The smallest absolute Gasteiger partial charge is 0.335 e. The molecule has 1 heterocycles. The van der Waals surface area contributed by atoms with Gasteiger partial charge >= 0.3 is 11.9 Å². The van der Waals surface area contributed by atoms with E-state index in [9.17, 15) is 19.5 Å². The summed E-state index contributed by atoms with van der Waals surface area (Å²) in [7, 11) is 0. The summed E-state index contributed by atoms with van der Waals surface area (Å²) in [5, 5.41) is 21.6. The fourth-order valence-electron chi connectivity index (χ4n) is 3.10. The molecule has 0 saturated carbocycles. The number of aliphatic carboxylic acids is 1. The monoisotopic (exact) mass is 401 g/mol. The number of aromatic nitrogens is 2. The summed E-state index contributed by atoms with van der Waals surface area (Å²) >= 11 is 0. The Morgan fingerprint density at radius 2 is 1.76 bits per heavy atom. The molecule has 0 aliphatic heterocycles. The predicted molar refractivity (Wildman–Crippen MR) is 107 cm³/mol. The van der Waals surface area contributed by atoms with E-state index in [1.165, 1.54) is 19.1 Å². The molecule has 2 atom stereocenters. The molecule has 8 heteroatoms. The fraction of sp³-hybridized carbons (Fsp3) is 0.429. The van der Waals surface area contributed by atoms with E-state index in [2.05, 4.69) is 10.3 Å². The molecule has 1 unspecified atom stereocenters. The van der Waals surface area contributed by atoms with Gasteiger partial charge in [-0.1, -0.05) is 26.0 Å². The quantitative estimate of drug-likeness (QED) is 0.528. The van der Waals surface area contributed by atoms with Crippen molar-refractivity contribution in [2.24, 2.45) is 5.92 Å². The summed E-state index contributed by atoms with van der Waals surface area (Å²) < 4.78 is 1.82. The van der Waals surface area contributed by atoms with Crippen LogP contribution in [0.5, 0.6) is 0 Å². The molecule has 156 valence electrons. The highest BCUT2D eigenvalue weighted by Gasteiger charge is 2.26. The lowest BCUT2D eigenvalue weighted by atomic mass is 9.99. The van der Waals surface area contributed by atoms with E-state index < -0.39 is 24.0 Å². The van der Waals surface area contributed by atoms with E-state index >= 15 is 0 Å². The second-order valence-corrected chi connectivity index (χ2v) is 7.57. The zero-order valence-electron chi connectivity index (χ0n) is 16.8. The van der Waals surface area contributed by atoms with Gasteiger partial charge in [0.15, 0.2) is 0 Å². The van der Waals surface area contributed by atoms with Crippen LogP contribution in [0.1, 0.15) is 48.8 Å². The Balaban J connectivity index is 2.13. The normalized spacial score (nSPS) is 13.2. The minimum Gasteiger partial charge on any atom is -0.480 e. The molecule has 0 amide bonds. The summed E-state index contributed by atoms with van der Waals surface area (Å²) in [4.78, 5) is 38.8. The first-order valence-electron chi connectivity index (χ1n) is 9.48. The molecule has 3 N–H and O–H groups in total. The van der Waals surface area contributed by atoms with Crippen molar-refractivity contribution in [3.8, 4) is 0 Å². The van der Waals surface area contributed by atoms with Gasteiger partial charge in [-0.25, -0.2) is 9.78 Å². The van der Waals surface area contributed by atoms with Crippen molar-refractivity contribution < 1.29 is 24.6 Å². The lowest BCUT2D eigenvalue weighted by molar-refractivity contribution is -0.140. The van der Waals surface area contributed by atoms with Crippen LogP contribution in [0, 0.1) is 5.92 Å². The second-order valence-electron chi connectivity index (χ2n) is 7.57. The molecule has 0 aliphatic carbocycles. The number of carbonyl (C=O) groups excluding carboxylic acids is 1. The van der Waals surface area contributed by atoms with Crippen molar-refractivity contribution >= 4 is 17.7 Å². The molecule has 0 radical (unpaired) electrons. The van der Waals surface area contributed by atoms with Crippen molar-refractivity contribution in [3.05, 3.63) is 53.6 Å². The average molecular weight is 401 g/mol. The third-order valence-corrected chi connectivity index (χ3v) is 4.66. The van der Waals surface area contributed by atoms with E-state index in [1.54, 1.807) is 24.7 Å². The topological polar surface area (TPSA) is 122 Å². The van der Waals surface area contributed by atoms with Gasteiger partial charge in [0, 0.05) is 24.9 Å². The predicted octanol–water partition coefficient (Wildman–Crippen LogP) is 2.22. The first-order valence-corrected chi connectivity index (χ1v) is 9.48. The lowest BCUT2D eigenvalue weighted by Gasteiger charge is -2.23. The van der Waals surface area contributed by atoms with Crippen LogP contribution in [-0.4, -0.2) is 49.6 Å². The van der Waals surface area contributed by atoms with Crippen molar-refractivity contribution in [1.82, 2.24) is 14.9 Å². The van der Waals surface area contributed by atoms with E-state index in [0.717, 1.165) is 5.56 Å². The third kappa shape index (κ3) is 6.53. The minimum absolute atomic E-state index is 0.0861. The maximum atomic E-state index is 11.9. The van der Waals surface area contributed by atoms with Crippen LogP contribution in [0.25, 0.3) is 0 Å². The fourth-order valence-corrected chi connectivity index (χ4v) is 3.10. The molecule has 2 aromatic rings. The van der Waals surface area contributed by atoms with Gasteiger partial charge in [-0.2, -0.15) is 0 Å². The molecular weight excluding hydrogens is 374 g/mol. The molecular formula is C21H27N3O5. The Bertz CT molecular complexity index is 857. The molecule has 1 aromatic carbocycles. The number of nitrogens with zero attached hydrogens (tertiary/aromatic N) is 2. The van der Waals surface area contributed by atoms with Crippen LogP contribution >= 0.6 is 0 Å². The van der Waals surface area contributed by atoms with E-state index in [1.807, 2.05) is 18.4 Å². The second kappa shape index (κ2) is 9.97. The average Bonchev–Trinajstić information content (AvgIpc) is 3.07. The van der Waals surface area contributed by atoms with Gasteiger partial charge in [0.2, 0.25) is 0 Å². The summed E-state index contributed by atoms with van der Waals surface area (Å²) in [6.07, 6.45) is 3.95. The maximum Gasteiger partial charge on any atom is 0.335 e. The summed E-state index contributed by atoms with van der Waals surface area (Å²) in [6.45, 7) is 5.86. The van der Waals surface area contributed by atoms with Crippen molar-refractivity contribution in [3.63, 3.8) is 0 Å². The van der Waals surface area contributed by atoms with Gasteiger partial charge in [0.25, 0.3) is 0 Å². The molecule has 8 nitrogen and oxygen atoms in total. The number of carboxylic acid groups (broad SMARTS) is 2. The molecule has 0 saturated heterocycles. The van der Waals surface area contributed by atoms with Crippen LogP contribution in [0.15, 0.2) is 36.8 Å². The molecule has 0 fully saturated rings. The number of carbonyl (C=O) groups is 3. The van der Waals surface area contributed by atoms with Crippen molar-refractivity contribution in [2.45, 2.75) is 52.2 Å². The van der Waals surface area contributed by atoms with Crippen molar-refractivity contribution in [2.75, 3.05) is 0 Å². The van der Waals surface area contributed by atoms with Crippen LogP contribution < -0.4 is 5.32 Å². The van der Waals surface area contributed by atoms with E-state index in [4.69, 9.17) is 5.11 Å². The van der Waals surface area contributed by atoms with Gasteiger partial charge < -0.3 is 14.8 Å². The number of rotatable bonds is 11. The van der Waals surface area contributed by atoms with Crippen LogP contribution in [0.3, 0.4) is 0 Å². The first kappa shape index (κ1) is 22.3. The van der Waals surface area contributed by atoms with Crippen LogP contribution in [0.4, 0.5) is 0 Å². The highest BCUT2D eigenvalue weighted by molar-refractivity contribution is 5.87. The third-order valence-electron chi connectivity index (χ3n) is 4.66. The standard InChI is InChI=1S/C21H27N3O5/c1-13(2)8-18(14(3)25)23-19(21(28)29)9-17-10-22-12-24(17)11-15-4-6-16(7-5-15)20(26)27/h4-7,10,12-13,18-19,23H,8-9,11H2,1-3H3,(H,26,27)(H,28,29)/t18?,19-/m0/s1. The Kier molecular flexibility index (Phi) is 7.67. The van der Waals surface area contributed by atoms with Crippen LogP contribution in [0.2, 0.25) is 0 Å². The number of ketones is 1. The number of Topliss-reactive ketones (excluding diaryl/α,β-unsaturated/α-hetero) is 1. The van der Waals surface area contributed by atoms with Gasteiger partial charge in [-0.15, -0.1) is 0 Å². The summed E-state index contributed by atoms with van der Waals surface area (Å²) in [5.41, 5.74) is 1.78. The molecule has 0 bridgehead atoms. The van der Waals surface area contributed by atoms with Gasteiger partial charge in [-0.05, 0) is 37.0 Å². The Hall–Kier alpha value is -3.00. The highest BCUT2D eigenvalue weighted by atomic mass is 16.4. The van der Waals surface area contributed by atoms with Crippen LogP contribution in [-0.2, 0) is 22.6 Å². The Labute approximate surface area is 169 Å². The Morgan fingerprint density at radius 1 is 1.10 bits per heavy atom. The molecule has 29 heavy (non-hydrogen) atoms. The number of imidazole rings is 1. The molecule has 2 rings (SSSR count). The van der Waals surface area contributed by atoms with Gasteiger partial charge in [0.05, 0.1) is 17.9 Å². The van der Waals surface area contributed by atoms with Gasteiger partial charge in [-0.3, -0.25) is 14.9 Å². The highest BCUT2D eigenvalue weighted by Crippen LogP contribution is 2.12. The molecule has 0 spiro atoms. The number of carboxylic acids is 2. The van der Waals surface area contributed by atoms with E-state index in [0.29, 0.717) is 18.7 Å². The number of aromatic carboxylic acids is 1.